The van der Waals surface area contributed by atoms with Crippen LogP contribution >= 0.6 is 0 Å². The number of hydrogen-bond acceptors (Lipinski definition) is 4. The molecule has 0 aromatic rings. The summed E-state index contributed by atoms with van der Waals surface area (Å²) in [7, 11) is 0. The first-order valence-corrected chi connectivity index (χ1v) is 7.73. The Hall–Kier alpha value is -0.610. The van der Waals surface area contributed by atoms with Crippen LogP contribution in [0, 0.1) is 0 Å². The molecule has 112 valence electrons. The van der Waals surface area contributed by atoms with Gasteiger partial charge in [-0.25, -0.2) is 0 Å². The monoisotopic (exact) mass is 270 g/mol. The van der Waals surface area contributed by atoms with E-state index in [9.17, 15) is 4.79 Å². The third kappa shape index (κ3) is 5.11. The Kier molecular flexibility index (Phi) is 6.80. The van der Waals surface area contributed by atoms with Crippen molar-refractivity contribution in [1.82, 2.24) is 10.2 Å². The molecule has 0 radical (unpaired) electrons. The summed E-state index contributed by atoms with van der Waals surface area (Å²) in [5.74, 6) is -0.120. The number of nitrogens with zero attached hydrogens (tertiary/aromatic N) is 1. The Morgan fingerprint density at radius 2 is 2.00 bits per heavy atom. The van der Waals surface area contributed by atoms with Crippen molar-refractivity contribution in [3.8, 4) is 0 Å². The Labute approximate surface area is 117 Å². The van der Waals surface area contributed by atoms with Gasteiger partial charge in [0.05, 0.1) is 6.61 Å². The van der Waals surface area contributed by atoms with Crippen molar-refractivity contribution in [3.63, 3.8) is 0 Å². The minimum atomic E-state index is -0.580. The fourth-order valence-corrected chi connectivity index (χ4v) is 2.41. The van der Waals surface area contributed by atoms with E-state index in [0.717, 1.165) is 32.5 Å². The zero-order valence-corrected chi connectivity index (χ0v) is 13.0. The van der Waals surface area contributed by atoms with Gasteiger partial charge in [0.1, 0.15) is 5.54 Å². The van der Waals surface area contributed by atoms with E-state index < -0.39 is 5.54 Å². The largest absolute Gasteiger partial charge is 0.465 e. The van der Waals surface area contributed by atoms with Gasteiger partial charge >= 0.3 is 5.97 Å². The highest BCUT2D eigenvalue weighted by molar-refractivity contribution is 5.80. The van der Waals surface area contributed by atoms with Crippen LogP contribution in [0.4, 0.5) is 0 Å². The van der Waals surface area contributed by atoms with Crippen molar-refractivity contribution in [2.45, 2.75) is 65.0 Å². The van der Waals surface area contributed by atoms with E-state index in [4.69, 9.17) is 4.74 Å². The quantitative estimate of drug-likeness (QED) is 0.618. The number of carbonyl (C=O) groups excluding carboxylic acids is 1. The molecule has 4 heteroatoms. The second-order valence-electron chi connectivity index (χ2n) is 5.68. The number of esters is 1. The molecule has 0 bridgehead atoms. The van der Waals surface area contributed by atoms with Gasteiger partial charge in [-0.05, 0) is 52.6 Å². The normalized spacial score (nSPS) is 18.4. The van der Waals surface area contributed by atoms with Crippen LogP contribution in [0.25, 0.3) is 0 Å². The molecule has 0 saturated heterocycles. The fourth-order valence-electron chi connectivity index (χ4n) is 2.41. The highest BCUT2D eigenvalue weighted by Crippen LogP contribution is 2.28. The van der Waals surface area contributed by atoms with E-state index in [0.29, 0.717) is 12.6 Å². The lowest BCUT2D eigenvalue weighted by Gasteiger charge is -2.34. The summed E-state index contributed by atoms with van der Waals surface area (Å²) >= 11 is 0. The van der Waals surface area contributed by atoms with Gasteiger partial charge < -0.3 is 10.1 Å². The Bertz CT molecular complexity index is 279. The molecule has 19 heavy (non-hydrogen) atoms. The molecule has 1 unspecified atom stereocenters. The van der Waals surface area contributed by atoms with E-state index >= 15 is 0 Å². The van der Waals surface area contributed by atoms with Gasteiger partial charge in [0.15, 0.2) is 0 Å². The van der Waals surface area contributed by atoms with Crippen molar-refractivity contribution >= 4 is 5.97 Å². The highest BCUT2D eigenvalue weighted by atomic mass is 16.5. The van der Waals surface area contributed by atoms with E-state index in [2.05, 4.69) is 24.1 Å². The summed E-state index contributed by atoms with van der Waals surface area (Å²) in [5.41, 5.74) is -0.580. The molecule has 0 spiro atoms. The van der Waals surface area contributed by atoms with Crippen LogP contribution in [0.15, 0.2) is 0 Å². The number of ether oxygens (including phenoxy) is 1. The van der Waals surface area contributed by atoms with Crippen LogP contribution in [-0.2, 0) is 9.53 Å². The van der Waals surface area contributed by atoms with E-state index in [-0.39, 0.29) is 5.97 Å². The molecule has 1 N–H and O–H groups in total. The van der Waals surface area contributed by atoms with Crippen molar-refractivity contribution in [2.75, 3.05) is 26.2 Å². The van der Waals surface area contributed by atoms with Crippen molar-refractivity contribution in [3.05, 3.63) is 0 Å². The van der Waals surface area contributed by atoms with Gasteiger partial charge in [-0.2, -0.15) is 0 Å². The average molecular weight is 270 g/mol. The van der Waals surface area contributed by atoms with Gasteiger partial charge in [0, 0.05) is 12.6 Å². The van der Waals surface area contributed by atoms with Gasteiger partial charge in [0.25, 0.3) is 0 Å². The maximum Gasteiger partial charge on any atom is 0.327 e. The molecule has 1 fully saturated rings. The summed E-state index contributed by atoms with van der Waals surface area (Å²) in [6, 6.07) is 0.678. The van der Waals surface area contributed by atoms with Crippen LogP contribution in [0.5, 0.6) is 0 Å². The number of carbonyl (C=O) groups is 1. The Morgan fingerprint density at radius 1 is 1.32 bits per heavy atom. The molecule has 0 amide bonds. The van der Waals surface area contributed by atoms with E-state index in [1.54, 1.807) is 0 Å². The fraction of sp³-hybridized carbons (Fsp3) is 0.933. The summed E-state index contributed by atoms with van der Waals surface area (Å²) in [6.45, 7) is 11.3. The summed E-state index contributed by atoms with van der Waals surface area (Å²) in [4.78, 5) is 14.7. The zero-order valence-electron chi connectivity index (χ0n) is 13.0. The molecule has 1 atom stereocenters. The molecular formula is C15H30N2O2. The summed E-state index contributed by atoms with van der Waals surface area (Å²) in [6.07, 6.45) is 4.69. The van der Waals surface area contributed by atoms with Gasteiger partial charge in [-0.3, -0.25) is 9.69 Å². The molecule has 0 aromatic heterocycles. The standard InChI is InChI=1S/C15H30N2O2/c1-5-10-16-15(4,14(18)19-7-3)12-17(11-6-2)13-8-9-13/h13,16H,5-12H2,1-4H3. The number of hydrogen-bond donors (Lipinski definition) is 1. The smallest absolute Gasteiger partial charge is 0.327 e. The third-order valence-corrected chi connectivity index (χ3v) is 3.58. The molecule has 1 saturated carbocycles. The van der Waals surface area contributed by atoms with Crippen molar-refractivity contribution < 1.29 is 9.53 Å². The molecular weight excluding hydrogens is 240 g/mol. The zero-order chi connectivity index (χ0) is 14.3. The Balaban J connectivity index is 2.67. The van der Waals surface area contributed by atoms with Gasteiger partial charge in [-0.1, -0.05) is 13.8 Å². The van der Waals surface area contributed by atoms with E-state index in [1.165, 1.54) is 12.8 Å². The average Bonchev–Trinajstić information content (AvgIpc) is 3.20. The Morgan fingerprint density at radius 3 is 2.47 bits per heavy atom. The van der Waals surface area contributed by atoms with Crippen molar-refractivity contribution in [1.29, 1.82) is 0 Å². The predicted molar refractivity (Wildman–Crippen MR) is 78.2 cm³/mol. The van der Waals surface area contributed by atoms with Crippen LogP contribution in [0.2, 0.25) is 0 Å². The van der Waals surface area contributed by atoms with E-state index in [1.807, 2.05) is 13.8 Å². The topological polar surface area (TPSA) is 41.6 Å². The van der Waals surface area contributed by atoms with Crippen LogP contribution in [0.1, 0.15) is 53.4 Å². The molecule has 1 aliphatic carbocycles. The van der Waals surface area contributed by atoms with Crippen LogP contribution in [-0.4, -0.2) is 48.7 Å². The molecule has 1 aliphatic rings. The molecule has 4 nitrogen and oxygen atoms in total. The predicted octanol–water partition coefficient (Wildman–Crippen LogP) is 2.18. The minimum Gasteiger partial charge on any atom is -0.465 e. The molecule has 0 aromatic carbocycles. The second-order valence-corrected chi connectivity index (χ2v) is 5.68. The van der Waals surface area contributed by atoms with Gasteiger partial charge in [-0.15, -0.1) is 0 Å². The van der Waals surface area contributed by atoms with Crippen molar-refractivity contribution in [2.24, 2.45) is 0 Å². The van der Waals surface area contributed by atoms with Crippen LogP contribution < -0.4 is 5.32 Å². The first-order chi connectivity index (χ1) is 9.07. The molecule has 0 heterocycles. The highest BCUT2D eigenvalue weighted by Gasteiger charge is 2.39. The van der Waals surface area contributed by atoms with Crippen LogP contribution in [0.3, 0.4) is 0 Å². The number of rotatable bonds is 10. The summed E-state index contributed by atoms with van der Waals surface area (Å²) < 4.78 is 5.26. The lowest BCUT2D eigenvalue weighted by atomic mass is 10.0. The first-order valence-electron chi connectivity index (χ1n) is 7.73. The SMILES string of the molecule is CCCNC(C)(CN(CCC)C1CC1)C(=O)OCC. The molecule has 0 aliphatic heterocycles. The third-order valence-electron chi connectivity index (χ3n) is 3.58. The summed E-state index contributed by atoms with van der Waals surface area (Å²) in [5, 5.41) is 3.39. The lowest BCUT2D eigenvalue weighted by Crippen LogP contribution is -2.58. The first kappa shape index (κ1) is 16.4. The second kappa shape index (κ2) is 7.85. The lowest BCUT2D eigenvalue weighted by molar-refractivity contribution is -0.151. The maximum absolute atomic E-state index is 12.2. The van der Waals surface area contributed by atoms with Gasteiger partial charge in [0.2, 0.25) is 0 Å². The minimum absolute atomic E-state index is 0.120. The molecule has 1 rings (SSSR count). The number of nitrogens with one attached hydrogen (secondary N) is 1. The maximum atomic E-state index is 12.2.